The van der Waals surface area contributed by atoms with Gasteiger partial charge in [0.25, 0.3) is 0 Å². The number of carbonyl (C=O) groups is 2. The highest BCUT2D eigenvalue weighted by molar-refractivity contribution is 7.99. The van der Waals surface area contributed by atoms with Gasteiger partial charge in [-0.2, -0.15) is 4.99 Å². The van der Waals surface area contributed by atoms with Gasteiger partial charge < -0.3 is 18.8 Å². The summed E-state index contributed by atoms with van der Waals surface area (Å²) in [5.74, 6) is 1.13. The van der Waals surface area contributed by atoms with E-state index < -0.39 is 0 Å². The topological polar surface area (TPSA) is 79.1 Å². The predicted molar refractivity (Wildman–Crippen MR) is 131 cm³/mol. The molecule has 0 spiro atoms. The second-order valence-corrected chi connectivity index (χ2v) is 9.24. The Kier molecular flexibility index (Phi) is 9.53. The Labute approximate surface area is 201 Å². The predicted octanol–water partition coefficient (Wildman–Crippen LogP) is 4.53. The normalized spacial score (nSPS) is 11.7. The Morgan fingerprint density at radius 3 is 2.61 bits per heavy atom. The molecule has 0 fully saturated rings. The van der Waals surface area contributed by atoms with E-state index in [2.05, 4.69) is 4.99 Å². The smallest absolute Gasteiger partial charge is 0.338 e. The van der Waals surface area contributed by atoms with Crippen molar-refractivity contribution in [3.05, 3.63) is 52.8 Å². The molecule has 1 amide bonds. The van der Waals surface area contributed by atoms with Crippen LogP contribution in [0.15, 0.2) is 52.4 Å². The number of carbonyl (C=O) groups excluding carboxylic acids is 2. The molecule has 0 aliphatic heterocycles. The fraction of sp³-hybridized carbons (Fsp3) is 0.375. The molecule has 1 heterocycles. The van der Waals surface area contributed by atoms with Crippen LogP contribution in [0.5, 0.6) is 5.75 Å². The summed E-state index contributed by atoms with van der Waals surface area (Å²) < 4.78 is 18.3. The zero-order valence-corrected chi connectivity index (χ0v) is 20.7. The molecule has 0 bridgehead atoms. The average molecular weight is 489 g/mol. The standard InChI is InChI=1S/C24H28N2O5S2/c1-4-31-23(28)17-7-12-20-21(16-17)33-24(26(20)13-14-29-2)25-22(27)6-5-15-32-19-10-8-18(30-3)9-11-19/h7-12,16H,4-6,13-15H2,1-3H3. The summed E-state index contributed by atoms with van der Waals surface area (Å²) in [6, 6.07) is 13.3. The van der Waals surface area contributed by atoms with E-state index in [1.165, 1.54) is 11.3 Å². The van der Waals surface area contributed by atoms with Crippen molar-refractivity contribution in [1.29, 1.82) is 0 Å². The number of aromatic nitrogens is 1. The molecule has 3 aromatic rings. The van der Waals surface area contributed by atoms with Gasteiger partial charge in [0.1, 0.15) is 5.75 Å². The minimum absolute atomic E-state index is 0.159. The van der Waals surface area contributed by atoms with Crippen molar-refractivity contribution in [3.63, 3.8) is 0 Å². The van der Waals surface area contributed by atoms with Crippen molar-refractivity contribution in [1.82, 2.24) is 4.57 Å². The fourth-order valence-corrected chi connectivity index (χ4v) is 5.11. The van der Waals surface area contributed by atoms with Crippen molar-refractivity contribution < 1.29 is 23.8 Å². The number of rotatable bonds is 11. The van der Waals surface area contributed by atoms with Gasteiger partial charge in [0.2, 0.25) is 5.91 Å². The highest BCUT2D eigenvalue weighted by atomic mass is 32.2. The van der Waals surface area contributed by atoms with Gasteiger partial charge in [-0.1, -0.05) is 11.3 Å². The number of methoxy groups -OCH3 is 2. The van der Waals surface area contributed by atoms with Gasteiger partial charge in [-0.25, -0.2) is 4.79 Å². The molecule has 2 aromatic carbocycles. The van der Waals surface area contributed by atoms with E-state index in [0.29, 0.717) is 36.5 Å². The summed E-state index contributed by atoms with van der Waals surface area (Å²) in [6.07, 6.45) is 1.10. The first-order valence-corrected chi connectivity index (χ1v) is 12.5. The monoisotopic (exact) mass is 488 g/mol. The van der Waals surface area contributed by atoms with E-state index in [1.807, 2.05) is 34.9 Å². The highest BCUT2D eigenvalue weighted by Crippen LogP contribution is 2.23. The van der Waals surface area contributed by atoms with Gasteiger partial charge in [0.15, 0.2) is 4.80 Å². The second-order valence-electron chi connectivity index (χ2n) is 7.07. The molecule has 3 rings (SSSR count). The van der Waals surface area contributed by atoms with Crippen LogP contribution in [-0.2, 0) is 20.8 Å². The van der Waals surface area contributed by atoms with E-state index in [9.17, 15) is 9.59 Å². The number of amides is 1. The lowest BCUT2D eigenvalue weighted by Gasteiger charge is -2.05. The van der Waals surface area contributed by atoms with Crippen LogP contribution in [-0.4, -0.2) is 49.6 Å². The SMILES string of the molecule is CCOC(=O)c1ccc2c(c1)sc(=NC(=O)CCCSc1ccc(OC)cc1)n2CCOC. The fourth-order valence-electron chi connectivity index (χ4n) is 3.15. The first-order valence-electron chi connectivity index (χ1n) is 10.7. The molecule has 176 valence electrons. The lowest BCUT2D eigenvalue weighted by molar-refractivity contribution is -0.118. The molecule has 0 saturated carbocycles. The van der Waals surface area contributed by atoms with Crippen LogP contribution in [0, 0.1) is 0 Å². The molecular formula is C24H28N2O5S2. The zero-order valence-electron chi connectivity index (χ0n) is 19.0. The first kappa shape index (κ1) is 25.0. The molecule has 0 aliphatic rings. The maximum absolute atomic E-state index is 12.6. The number of ether oxygens (including phenoxy) is 3. The van der Waals surface area contributed by atoms with Crippen molar-refractivity contribution in [2.24, 2.45) is 4.99 Å². The maximum Gasteiger partial charge on any atom is 0.338 e. The number of esters is 1. The van der Waals surface area contributed by atoms with Crippen molar-refractivity contribution in [2.75, 3.05) is 33.2 Å². The van der Waals surface area contributed by atoms with Gasteiger partial charge in [0, 0.05) is 25.0 Å². The second kappa shape index (κ2) is 12.6. The molecule has 0 unspecified atom stereocenters. The van der Waals surface area contributed by atoms with Gasteiger partial charge >= 0.3 is 5.97 Å². The number of fused-ring (bicyclic) bond motifs is 1. The molecule has 0 atom stereocenters. The van der Waals surface area contributed by atoms with Crippen LogP contribution >= 0.6 is 23.1 Å². The van der Waals surface area contributed by atoms with Gasteiger partial charge in [-0.3, -0.25) is 4.79 Å². The Hall–Kier alpha value is -2.62. The van der Waals surface area contributed by atoms with Crippen LogP contribution in [0.2, 0.25) is 0 Å². The van der Waals surface area contributed by atoms with Crippen LogP contribution in [0.4, 0.5) is 0 Å². The third kappa shape index (κ3) is 6.93. The van der Waals surface area contributed by atoms with Crippen LogP contribution in [0.25, 0.3) is 10.2 Å². The van der Waals surface area contributed by atoms with Crippen LogP contribution < -0.4 is 9.54 Å². The molecule has 0 radical (unpaired) electrons. The minimum Gasteiger partial charge on any atom is -0.497 e. The Morgan fingerprint density at radius 1 is 1.12 bits per heavy atom. The minimum atomic E-state index is -0.361. The number of benzene rings is 2. The molecule has 0 saturated heterocycles. The van der Waals surface area contributed by atoms with Gasteiger partial charge in [-0.05, 0) is 61.6 Å². The summed E-state index contributed by atoms with van der Waals surface area (Å²) in [4.78, 5) is 30.8. The molecule has 33 heavy (non-hydrogen) atoms. The zero-order chi connectivity index (χ0) is 23.6. The maximum atomic E-state index is 12.6. The summed E-state index contributed by atoms with van der Waals surface area (Å²) in [6.45, 7) is 3.15. The molecule has 1 aromatic heterocycles. The van der Waals surface area contributed by atoms with E-state index >= 15 is 0 Å². The Balaban J connectivity index is 1.70. The molecular weight excluding hydrogens is 460 g/mol. The van der Waals surface area contributed by atoms with Gasteiger partial charge in [-0.15, -0.1) is 11.8 Å². The highest BCUT2D eigenvalue weighted by Gasteiger charge is 2.12. The molecule has 9 heteroatoms. The van der Waals surface area contributed by atoms with E-state index in [-0.39, 0.29) is 11.9 Å². The summed E-state index contributed by atoms with van der Waals surface area (Å²) in [7, 11) is 3.28. The van der Waals surface area contributed by atoms with Crippen molar-refractivity contribution in [2.45, 2.75) is 31.2 Å². The number of thiazole rings is 1. The average Bonchev–Trinajstić information content (AvgIpc) is 3.16. The number of nitrogens with zero attached hydrogens (tertiary/aromatic N) is 2. The third-order valence-corrected chi connectivity index (χ3v) is 6.94. The molecule has 0 aliphatic carbocycles. The third-order valence-electron chi connectivity index (χ3n) is 4.80. The van der Waals surface area contributed by atoms with Crippen LogP contribution in [0.3, 0.4) is 0 Å². The largest absolute Gasteiger partial charge is 0.497 e. The Morgan fingerprint density at radius 2 is 1.91 bits per heavy atom. The number of hydrogen-bond acceptors (Lipinski definition) is 7. The van der Waals surface area contributed by atoms with E-state index in [0.717, 1.165) is 33.0 Å². The quantitative estimate of drug-likeness (QED) is 0.224. The molecule has 7 nitrogen and oxygen atoms in total. The first-order chi connectivity index (χ1) is 16.0. The van der Waals surface area contributed by atoms with Crippen molar-refractivity contribution in [3.8, 4) is 5.75 Å². The summed E-state index contributed by atoms with van der Waals surface area (Å²) in [5, 5.41) is 0. The van der Waals surface area contributed by atoms with Crippen molar-refractivity contribution >= 4 is 45.2 Å². The molecule has 0 N–H and O–H groups in total. The summed E-state index contributed by atoms with van der Waals surface area (Å²) in [5.41, 5.74) is 1.39. The Bertz CT molecular complexity index is 1150. The van der Waals surface area contributed by atoms with Gasteiger partial charge in [0.05, 0.1) is 36.1 Å². The van der Waals surface area contributed by atoms with Crippen LogP contribution in [0.1, 0.15) is 30.1 Å². The lowest BCUT2D eigenvalue weighted by atomic mass is 10.2. The number of hydrogen-bond donors (Lipinski definition) is 0. The number of thioether (sulfide) groups is 1. The summed E-state index contributed by atoms with van der Waals surface area (Å²) >= 11 is 3.09. The van der Waals surface area contributed by atoms with E-state index in [4.69, 9.17) is 14.2 Å². The lowest BCUT2D eigenvalue weighted by Crippen LogP contribution is -2.19. The van der Waals surface area contributed by atoms with E-state index in [1.54, 1.807) is 45.0 Å².